The van der Waals surface area contributed by atoms with E-state index in [0.717, 1.165) is 32.5 Å². The van der Waals surface area contributed by atoms with Crippen molar-refractivity contribution in [1.29, 1.82) is 0 Å². The molecule has 3 rings (SSSR count). The second-order valence-corrected chi connectivity index (χ2v) is 7.62. The molecule has 0 spiro atoms. The average molecular weight is 294 g/mol. The summed E-state index contributed by atoms with van der Waals surface area (Å²) in [6.07, 6.45) is 4.46. The standard InChI is InChI=1S/C15H22N2O2S/c18-20(19,15-8-2-1-3-9-15)17-12-6-7-14(17)13-16-10-4-5-11-16/h1-3,8-9,14H,4-7,10-13H2/t14-/m0/s1. The maximum absolute atomic E-state index is 12.7. The third-order valence-electron chi connectivity index (χ3n) is 4.34. The second kappa shape index (κ2) is 5.84. The SMILES string of the molecule is O=S(=O)(c1ccccc1)N1CCC[C@H]1CN1CCCC1. The van der Waals surface area contributed by atoms with Gasteiger partial charge in [0, 0.05) is 19.1 Å². The van der Waals surface area contributed by atoms with Crippen LogP contribution in [-0.4, -0.2) is 49.8 Å². The number of rotatable bonds is 4. The van der Waals surface area contributed by atoms with Crippen LogP contribution in [0.4, 0.5) is 0 Å². The molecule has 1 atom stereocenters. The molecule has 2 aliphatic heterocycles. The lowest BCUT2D eigenvalue weighted by atomic mass is 10.2. The van der Waals surface area contributed by atoms with E-state index < -0.39 is 10.0 Å². The summed E-state index contributed by atoms with van der Waals surface area (Å²) in [6.45, 7) is 3.80. The van der Waals surface area contributed by atoms with Gasteiger partial charge in [-0.2, -0.15) is 4.31 Å². The van der Waals surface area contributed by atoms with Gasteiger partial charge in [0.25, 0.3) is 0 Å². The number of hydrogen-bond acceptors (Lipinski definition) is 3. The predicted octanol–water partition coefficient (Wildman–Crippen LogP) is 1.94. The molecular weight excluding hydrogens is 272 g/mol. The minimum atomic E-state index is -3.32. The number of nitrogens with zero attached hydrogens (tertiary/aromatic N) is 2. The molecule has 110 valence electrons. The maximum atomic E-state index is 12.7. The van der Waals surface area contributed by atoms with Crippen LogP contribution in [0.3, 0.4) is 0 Å². The fourth-order valence-corrected chi connectivity index (χ4v) is 5.01. The fraction of sp³-hybridized carbons (Fsp3) is 0.600. The van der Waals surface area contributed by atoms with Gasteiger partial charge >= 0.3 is 0 Å². The topological polar surface area (TPSA) is 40.6 Å². The van der Waals surface area contributed by atoms with Crippen LogP contribution in [0.2, 0.25) is 0 Å². The van der Waals surface area contributed by atoms with E-state index in [-0.39, 0.29) is 6.04 Å². The molecule has 0 N–H and O–H groups in total. The highest BCUT2D eigenvalue weighted by Crippen LogP contribution is 2.27. The Balaban J connectivity index is 1.77. The molecule has 0 saturated carbocycles. The van der Waals surface area contributed by atoms with Gasteiger partial charge in [0.15, 0.2) is 0 Å². The quantitative estimate of drug-likeness (QED) is 0.852. The summed E-state index contributed by atoms with van der Waals surface area (Å²) >= 11 is 0. The van der Waals surface area contributed by atoms with Crippen molar-refractivity contribution < 1.29 is 8.42 Å². The molecule has 4 nitrogen and oxygen atoms in total. The number of likely N-dealkylation sites (tertiary alicyclic amines) is 1. The maximum Gasteiger partial charge on any atom is 0.243 e. The van der Waals surface area contributed by atoms with Crippen molar-refractivity contribution in [2.24, 2.45) is 0 Å². The van der Waals surface area contributed by atoms with Crippen molar-refractivity contribution >= 4 is 10.0 Å². The molecule has 0 bridgehead atoms. The third kappa shape index (κ3) is 2.75. The molecule has 1 aromatic rings. The molecule has 20 heavy (non-hydrogen) atoms. The first-order valence-corrected chi connectivity index (χ1v) is 8.91. The minimum Gasteiger partial charge on any atom is -0.302 e. The Morgan fingerprint density at radius 2 is 1.70 bits per heavy atom. The van der Waals surface area contributed by atoms with E-state index in [1.165, 1.54) is 12.8 Å². The largest absolute Gasteiger partial charge is 0.302 e. The van der Waals surface area contributed by atoms with Crippen LogP contribution in [0.25, 0.3) is 0 Å². The van der Waals surface area contributed by atoms with Crippen molar-refractivity contribution in [2.75, 3.05) is 26.2 Å². The number of benzene rings is 1. The van der Waals surface area contributed by atoms with Crippen LogP contribution in [0.15, 0.2) is 35.2 Å². The van der Waals surface area contributed by atoms with Crippen molar-refractivity contribution in [3.8, 4) is 0 Å². The first-order chi connectivity index (χ1) is 9.68. The lowest BCUT2D eigenvalue weighted by Gasteiger charge is -2.27. The molecule has 2 aliphatic rings. The smallest absolute Gasteiger partial charge is 0.243 e. The summed E-state index contributed by atoms with van der Waals surface area (Å²) in [5.41, 5.74) is 0. The van der Waals surface area contributed by atoms with Crippen LogP contribution in [0.1, 0.15) is 25.7 Å². The Morgan fingerprint density at radius 3 is 2.40 bits per heavy atom. The van der Waals surface area contributed by atoms with E-state index in [0.29, 0.717) is 11.4 Å². The van der Waals surface area contributed by atoms with Gasteiger partial charge in [-0.3, -0.25) is 0 Å². The van der Waals surface area contributed by atoms with Gasteiger partial charge in [0.1, 0.15) is 0 Å². The van der Waals surface area contributed by atoms with Crippen molar-refractivity contribution in [2.45, 2.75) is 36.6 Å². The first kappa shape index (κ1) is 14.0. The number of sulfonamides is 1. The molecule has 0 aromatic heterocycles. The zero-order valence-corrected chi connectivity index (χ0v) is 12.6. The molecular formula is C15H22N2O2S. The summed E-state index contributed by atoms with van der Waals surface area (Å²) in [7, 11) is -3.32. The zero-order chi connectivity index (χ0) is 14.0. The van der Waals surface area contributed by atoms with Crippen LogP contribution in [-0.2, 0) is 10.0 Å². The zero-order valence-electron chi connectivity index (χ0n) is 11.7. The molecule has 0 aliphatic carbocycles. The van der Waals surface area contributed by atoms with E-state index in [4.69, 9.17) is 0 Å². The van der Waals surface area contributed by atoms with Crippen molar-refractivity contribution in [3.05, 3.63) is 30.3 Å². The first-order valence-electron chi connectivity index (χ1n) is 7.47. The van der Waals surface area contributed by atoms with Crippen molar-refractivity contribution in [1.82, 2.24) is 9.21 Å². The molecule has 2 fully saturated rings. The van der Waals surface area contributed by atoms with E-state index in [1.54, 1.807) is 28.6 Å². The van der Waals surface area contributed by atoms with Gasteiger partial charge in [0.2, 0.25) is 10.0 Å². The van der Waals surface area contributed by atoms with Crippen LogP contribution < -0.4 is 0 Å². The van der Waals surface area contributed by atoms with E-state index >= 15 is 0 Å². The van der Waals surface area contributed by atoms with Gasteiger partial charge in [-0.25, -0.2) is 8.42 Å². The molecule has 0 radical (unpaired) electrons. The molecule has 2 saturated heterocycles. The van der Waals surface area contributed by atoms with Gasteiger partial charge < -0.3 is 4.90 Å². The van der Waals surface area contributed by atoms with Gasteiger partial charge in [0.05, 0.1) is 4.90 Å². The molecule has 1 aromatic carbocycles. The monoisotopic (exact) mass is 294 g/mol. The van der Waals surface area contributed by atoms with Crippen LogP contribution in [0, 0.1) is 0 Å². The highest BCUT2D eigenvalue weighted by Gasteiger charge is 2.36. The normalized spacial score (nSPS) is 25.3. The molecule has 5 heteroatoms. The van der Waals surface area contributed by atoms with Gasteiger partial charge in [-0.1, -0.05) is 18.2 Å². The summed E-state index contributed by atoms with van der Waals surface area (Å²) in [6, 6.07) is 8.97. The van der Waals surface area contributed by atoms with E-state index in [9.17, 15) is 8.42 Å². The lowest BCUT2D eigenvalue weighted by Crippen LogP contribution is -2.42. The highest BCUT2D eigenvalue weighted by molar-refractivity contribution is 7.89. The highest BCUT2D eigenvalue weighted by atomic mass is 32.2. The lowest BCUT2D eigenvalue weighted by molar-refractivity contribution is 0.257. The predicted molar refractivity (Wildman–Crippen MR) is 79.0 cm³/mol. The fourth-order valence-electron chi connectivity index (χ4n) is 3.30. The second-order valence-electron chi connectivity index (χ2n) is 5.73. The van der Waals surface area contributed by atoms with Gasteiger partial charge in [-0.15, -0.1) is 0 Å². The molecule has 0 unspecified atom stereocenters. The Hall–Kier alpha value is -0.910. The Morgan fingerprint density at radius 1 is 1.00 bits per heavy atom. The Kier molecular flexibility index (Phi) is 4.10. The van der Waals surface area contributed by atoms with Gasteiger partial charge in [-0.05, 0) is 50.9 Å². The van der Waals surface area contributed by atoms with E-state index in [2.05, 4.69) is 4.90 Å². The summed E-state index contributed by atoms with van der Waals surface area (Å²) in [5, 5.41) is 0. The molecule has 0 amide bonds. The van der Waals surface area contributed by atoms with Crippen LogP contribution >= 0.6 is 0 Å². The van der Waals surface area contributed by atoms with E-state index in [1.807, 2.05) is 6.07 Å². The molecule has 2 heterocycles. The minimum absolute atomic E-state index is 0.151. The van der Waals surface area contributed by atoms with Crippen molar-refractivity contribution in [3.63, 3.8) is 0 Å². The summed E-state index contributed by atoms with van der Waals surface area (Å²) in [4.78, 5) is 2.83. The third-order valence-corrected chi connectivity index (χ3v) is 6.31. The Bertz CT molecular complexity index is 538. The Labute approximate surface area is 121 Å². The summed E-state index contributed by atoms with van der Waals surface area (Å²) < 4.78 is 27.2. The van der Waals surface area contributed by atoms with Crippen LogP contribution in [0.5, 0.6) is 0 Å². The number of hydrogen-bond donors (Lipinski definition) is 0. The summed E-state index contributed by atoms with van der Waals surface area (Å²) in [5.74, 6) is 0. The average Bonchev–Trinajstić information content (AvgIpc) is 3.12.